The molecule has 0 aliphatic carbocycles. The van der Waals surface area contributed by atoms with Crippen molar-refractivity contribution < 1.29 is 0 Å². The van der Waals surface area contributed by atoms with Crippen LogP contribution in [0.15, 0.2) is 47.5 Å². The van der Waals surface area contributed by atoms with Crippen molar-refractivity contribution in [1.29, 1.82) is 0 Å². The highest BCUT2D eigenvalue weighted by molar-refractivity contribution is 7.98. The van der Waals surface area contributed by atoms with Gasteiger partial charge >= 0.3 is 0 Å². The highest BCUT2D eigenvalue weighted by Crippen LogP contribution is 2.24. The molecule has 0 bridgehead atoms. The first-order chi connectivity index (χ1) is 8.66. The first kappa shape index (κ1) is 13.1. The molecule has 1 heterocycles. The summed E-state index contributed by atoms with van der Waals surface area (Å²) in [6.45, 7) is 4.10. The van der Waals surface area contributed by atoms with Crippen molar-refractivity contribution in [3.8, 4) is 0 Å². The number of hydrogen-bond donors (Lipinski definition) is 1. The minimum Gasteiger partial charge on any atom is -0.324 e. The monoisotopic (exact) mass is 258 g/mol. The van der Waals surface area contributed by atoms with Crippen LogP contribution in [0.5, 0.6) is 0 Å². The second kappa shape index (κ2) is 6.03. The lowest BCUT2D eigenvalue weighted by molar-refractivity contribution is 0.817. The highest BCUT2D eigenvalue weighted by atomic mass is 32.2. The van der Waals surface area contributed by atoms with Crippen LogP contribution in [-0.2, 0) is 5.75 Å². The number of benzene rings is 1. The van der Waals surface area contributed by atoms with Crippen molar-refractivity contribution in [2.24, 2.45) is 5.73 Å². The Kier molecular flexibility index (Phi) is 4.39. The molecule has 2 nitrogen and oxygen atoms in total. The molecule has 1 unspecified atom stereocenters. The molecule has 0 radical (unpaired) electrons. The molecular formula is C15H18N2S. The molecule has 2 rings (SSSR count). The van der Waals surface area contributed by atoms with Gasteiger partial charge in [-0.25, -0.2) is 0 Å². The van der Waals surface area contributed by atoms with Gasteiger partial charge in [-0.1, -0.05) is 18.2 Å². The van der Waals surface area contributed by atoms with Crippen molar-refractivity contribution >= 4 is 11.8 Å². The first-order valence-electron chi connectivity index (χ1n) is 6.05. The van der Waals surface area contributed by atoms with Gasteiger partial charge < -0.3 is 5.73 Å². The fourth-order valence-corrected chi connectivity index (χ4v) is 2.62. The van der Waals surface area contributed by atoms with Gasteiger partial charge in [0.25, 0.3) is 0 Å². The minimum absolute atomic E-state index is 0.0992. The molecule has 1 aromatic heterocycles. The first-order valence-corrected chi connectivity index (χ1v) is 7.04. The van der Waals surface area contributed by atoms with E-state index >= 15 is 0 Å². The molecule has 1 atom stereocenters. The van der Waals surface area contributed by atoms with Crippen molar-refractivity contribution in [1.82, 2.24) is 4.98 Å². The molecule has 2 N–H and O–H groups in total. The average molecular weight is 258 g/mol. The van der Waals surface area contributed by atoms with Gasteiger partial charge in [0, 0.05) is 22.9 Å². The maximum absolute atomic E-state index is 5.83. The Morgan fingerprint density at radius 2 is 1.94 bits per heavy atom. The summed E-state index contributed by atoms with van der Waals surface area (Å²) in [5, 5.41) is 0. The molecule has 0 amide bonds. The van der Waals surface area contributed by atoms with Gasteiger partial charge in [0.2, 0.25) is 0 Å². The number of hydrogen-bond acceptors (Lipinski definition) is 3. The SMILES string of the molecule is Cc1cccnc1CSc1ccc(C(C)N)cc1. The van der Waals surface area contributed by atoms with Crippen LogP contribution < -0.4 is 5.73 Å². The molecule has 0 fully saturated rings. The molecule has 94 valence electrons. The van der Waals surface area contributed by atoms with Gasteiger partial charge in [-0.3, -0.25) is 4.98 Å². The molecule has 18 heavy (non-hydrogen) atoms. The van der Waals surface area contributed by atoms with E-state index in [-0.39, 0.29) is 6.04 Å². The molecule has 0 aliphatic rings. The second-order valence-corrected chi connectivity index (χ2v) is 5.46. The molecular weight excluding hydrogens is 240 g/mol. The third kappa shape index (κ3) is 3.34. The molecule has 0 saturated heterocycles. The lowest BCUT2D eigenvalue weighted by atomic mass is 10.1. The van der Waals surface area contributed by atoms with E-state index in [0.717, 1.165) is 11.4 Å². The van der Waals surface area contributed by atoms with Crippen LogP contribution in [0.3, 0.4) is 0 Å². The Hall–Kier alpha value is -1.32. The van der Waals surface area contributed by atoms with Gasteiger partial charge in [0.1, 0.15) is 0 Å². The van der Waals surface area contributed by atoms with E-state index in [1.807, 2.05) is 19.2 Å². The summed E-state index contributed by atoms with van der Waals surface area (Å²) in [5.41, 5.74) is 9.41. The van der Waals surface area contributed by atoms with E-state index in [4.69, 9.17) is 5.73 Å². The summed E-state index contributed by atoms with van der Waals surface area (Å²) in [7, 11) is 0. The van der Waals surface area contributed by atoms with E-state index in [9.17, 15) is 0 Å². The summed E-state index contributed by atoms with van der Waals surface area (Å²) in [5.74, 6) is 0.907. The molecule has 0 spiro atoms. The predicted octanol–water partition coefficient (Wildman–Crippen LogP) is 3.70. The lowest BCUT2D eigenvalue weighted by Crippen LogP contribution is -2.04. The summed E-state index contributed by atoms with van der Waals surface area (Å²) >= 11 is 1.80. The van der Waals surface area contributed by atoms with E-state index in [1.165, 1.54) is 16.0 Å². The number of aryl methyl sites for hydroxylation is 1. The number of nitrogens with two attached hydrogens (primary N) is 1. The van der Waals surface area contributed by atoms with Crippen molar-refractivity contribution in [2.45, 2.75) is 30.5 Å². The Morgan fingerprint density at radius 1 is 1.22 bits per heavy atom. The maximum atomic E-state index is 5.83. The number of thioether (sulfide) groups is 1. The topological polar surface area (TPSA) is 38.9 Å². The normalized spacial score (nSPS) is 12.4. The standard InChI is InChI=1S/C15H18N2S/c1-11-4-3-9-17-15(11)10-18-14-7-5-13(6-8-14)12(2)16/h3-9,12H,10,16H2,1-2H3. The summed E-state index contributed by atoms with van der Waals surface area (Å²) in [6.07, 6.45) is 1.85. The summed E-state index contributed by atoms with van der Waals surface area (Å²) in [6, 6.07) is 12.6. The van der Waals surface area contributed by atoms with Crippen molar-refractivity contribution in [3.63, 3.8) is 0 Å². The smallest absolute Gasteiger partial charge is 0.0535 e. The van der Waals surface area contributed by atoms with Crippen LogP contribution in [0.1, 0.15) is 29.8 Å². The zero-order chi connectivity index (χ0) is 13.0. The molecule has 3 heteroatoms. The van der Waals surface area contributed by atoms with E-state index in [1.54, 1.807) is 11.8 Å². The van der Waals surface area contributed by atoms with Crippen LogP contribution >= 0.6 is 11.8 Å². The Bertz CT molecular complexity index is 506. The Morgan fingerprint density at radius 3 is 2.56 bits per heavy atom. The quantitative estimate of drug-likeness (QED) is 0.850. The maximum Gasteiger partial charge on any atom is 0.0535 e. The molecule has 0 aliphatic heterocycles. The molecule has 0 saturated carbocycles. The van der Waals surface area contributed by atoms with Crippen molar-refractivity contribution in [3.05, 3.63) is 59.4 Å². The summed E-state index contributed by atoms with van der Waals surface area (Å²) < 4.78 is 0. The van der Waals surface area contributed by atoms with Crippen LogP contribution in [0.25, 0.3) is 0 Å². The predicted molar refractivity (Wildman–Crippen MR) is 77.6 cm³/mol. The van der Waals surface area contributed by atoms with Gasteiger partial charge in [-0.05, 0) is 43.2 Å². The molecule has 1 aromatic carbocycles. The van der Waals surface area contributed by atoms with Gasteiger partial charge in [-0.2, -0.15) is 0 Å². The third-order valence-corrected chi connectivity index (χ3v) is 3.92. The Balaban J connectivity index is 2.00. The van der Waals surface area contributed by atoms with Gasteiger partial charge in [0.05, 0.1) is 5.69 Å². The van der Waals surface area contributed by atoms with E-state index in [2.05, 4.69) is 42.2 Å². The Labute approximate surface area is 113 Å². The zero-order valence-corrected chi connectivity index (χ0v) is 11.6. The second-order valence-electron chi connectivity index (χ2n) is 4.41. The van der Waals surface area contributed by atoms with Crippen LogP contribution in [0, 0.1) is 6.92 Å². The van der Waals surface area contributed by atoms with Crippen molar-refractivity contribution in [2.75, 3.05) is 0 Å². The van der Waals surface area contributed by atoms with E-state index in [0.29, 0.717) is 0 Å². The average Bonchev–Trinajstić information content (AvgIpc) is 2.38. The highest BCUT2D eigenvalue weighted by Gasteiger charge is 2.02. The van der Waals surface area contributed by atoms with Gasteiger partial charge in [0.15, 0.2) is 0 Å². The van der Waals surface area contributed by atoms with Crippen LogP contribution in [-0.4, -0.2) is 4.98 Å². The fourth-order valence-electron chi connectivity index (χ4n) is 1.69. The lowest BCUT2D eigenvalue weighted by Gasteiger charge is -2.07. The van der Waals surface area contributed by atoms with Gasteiger partial charge in [-0.15, -0.1) is 11.8 Å². The fraction of sp³-hybridized carbons (Fsp3) is 0.267. The number of rotatable bonds is 4. The van der Waals surface area contributed by atoms with Crippen LogP contribution in [0.4, 0.5) is 0 Å². The van der Waals surface area contributed by atoms with E-state index < -0.39 is 0 Å². The number of aromatic nitrogens is 1. The zero-order valence-electron chi connectivity index (χ0n) is 10.8. The number of nitrogens with zero attached hydrogens (tertiary/aromatic N) is 1. The third-order valence-electron chi connectivity index (χ3n) is 2.90. The van der Waals surface area contributed by atoms with Crippen LogP contribution in [0.2, 0.25) is 0 Å². The minimum atomic E-state index is 0.0992. The summed E-state index contributed by atoms with van der Waals surface area (Å²) in [4.78, 5) is 5.65. The molecule has 2 aromatic rings. The largest absolute Gasteiger partial charge is 0.324 e. The number of pyridine rings is 1.